The smallest absolute Gasteiger partial charge is 0.417 e. The Bertz CT molecular complexity index is 1260. The molecule has 0 bridgehead atoms. The number of rotatable bonds is 8. The third-order valence-corrected chi connectivity index (χ3v) is 6.05. The van der Waals surface area contributed by atoms with Crippen molar-refractivity contribution in [2.24, 2.45) is 5.92 Å². The lowest BCUT2D eigenvalue weighted by molar-refractivity contribution is -0.157. The maximum absolute atomic E-state index is 12.8. The summed E-state index contributed by atoms with van der Waals surface area (Å²) in [6.07, 6.45) is -3.77. The van der Waals surface area contributed by atoms with Crippen molar-refractivity contribution in [3.8, 4) is 22.8 Å². The number of benzene rings is 2. The molecule has 1 heterocycles. The second-order valence-electron chi connectivity index (χ2n) is 9.82. The van der Waals surface area contributed by atoms with E-state index in [0.717, 1.165) is 27.6 Å². The van der Waals surface area contributed by atoms with Gasteiger partial charge in [-0.1, -0.05) is 38.1 Å². The summed E-state index contributed by atoms with van der Waals surface area (Å²) < 4.78 is 74.4. The average Bonchev–Trinajstić information content (AvgIpc) is 2.81. The van der Waals surface area contributed by atoms with Gasteiger partial charge < -0.3 is 14.0 Å². The number of nitrogens with zero attached hydrogens (tertiary/aromatic N) is 2. The summed E-state index contributed by atoms with van der Waals surface area (Å²) in [5.74, 6) is -0.596. The van der Waals surface area contributed by atoms with Crippen LogP contribution >= 0.6 is 0 Å². The molecule has 0 N–H and O–H groups in total. The van der Waals surface area contributed by atoms with Gasteiger partial charge in [-0.2, -0.15) is 13.2 Å². The van der Waals surface area contributed by atoms with Crippen LogP contribution in [0.2, 0.25) is 0 Å². The highest BCUT2D eigenvalue weighted by atomic mass is 32.2. The van der Waals surface area contributed by atoms with Gasteiger partial charge in [0.15, 0.2) is 0 Å². The van der Waals surface area contributed by atoms with Crippen molar-refractivity contribution in [2.45, 2.75) is 52.4 Å². The van der Waals surface area contributed by atoms with Gasteiger partial charge in [0.05, 0.1) is 5.56 Å². The lowest BCUT2D eigenvalue weighted by Gasteiger charge is -2.36. The highest BCUT2D eigenvalue weighted by Crippen LogP contribution is 2.32. The maximum atomic E-state index is 12.8. The molecule has 2 aromatic carbocycles. The minimum atomic E-state index is -4.48. The van der Waals surface area contributed by atoms with Crippen LogP contribution in [-0.4, -0.2) is 31.4 Å². The van der Waals surface area contributed by atoms with Gasteiger partial charge in [-0.15, -0.1) is 0 Å². The Morgan fingerprint density at radius 1 is 0.947 bits per heavy atom. The van der Waals surface area contributed by atoms with Crippen molar-refractivity contribution in [3.63, 3.8) is 0 Å². The van der Waals surface area contributed by atoms with Crippen molar-refractivity contribution < 1.29 is 36.2 Å². The summed E-state index contributed by atoms with van der Waals surface area (Å²) in [6.45, 7) is 8.63. The van der Waals surface area contributed by atoms with Gasteiger partial charge in [0, 0.05) is 29.2 Å². The van der Waals surface area contributed by atoms with Gasteiger partial charge in [0.25, 0.3) is 0 Å². The molecule has 2 unspecified atom stereocenters. The first-order chi connectivity index (χ1) is 17.7. The average molecular weight is 550 g/mol. The molecule has 38 heavy (non-hydrogen) atoms. The highest BCUT2D eigenvalue weighted by Gasteiger charge is 2.34. The van der Waals surface area contributed by atoms with E-state index in [0.29, 0.717) is 17.6 Å². The van der Waals surface area contributed by atoms with Crippen molar-refractivity contribution >= 4 is 22.9 Å². The molecule has 0 saturated heterocycles. The van der Waals surface area contributed by atoms with E-state index in [2.05, 4.69) is 4.98 Å². The molecule has 204 valence electrons. The fraction of sp³-hybridized carbons (Fsp3) is 0.333. The maximum Gasteiger partial charge on any atom is 0.417 e. The Balaban J connectivity index is 1.77. The van der Waals surface area contributed by atoms with Crippen LogP contribution in [0.15, 0.2) is 66.9 Å². The number of hydrogen-bond acceptors (Lipinski definition) is 6. The highest BCUT2D eigenvalue weighted by molar-refractivity contribution is 7.80. The Morgan fingerprint density at radius 2 is 1.50 bits per heavy atom. The largest absolute Gasteiger partial charge is 0.755 e. The number of halogens is 3. The molecular weight excluding hydrogens is 521 g/mol. The number of alkyl halides is 3. The zero-order valence-corrected chi connectivity index (χ0v) is 22.3. The van der Waals surface area contributed by atoms with E-state index < -0.39 is 40.6 Å². The van der Waals surface area contributed by atoms with Gasteiger partial charge >= 0.3 is 12.1 Å². The summed E-state index contributed by atoms with van der Waals surface area (Å²) in [6, 6.07) is 14.4. The predicted octanol–water partition coefficient (Wildman–Crippen LogP) is 6.53. The Labute approximate surface area is 222 Å². The van der Waals surface area contributed by atoms with Gasteiger partial charge in [0.2, 0.25) is 5.88 Å². The van der Waals surface area contributed by atoms with Gasteiger partial charge in [-0.25, -0.2) is 9.78 Å². The standard InChI is InChI=1S/C27H29F3N2O5S/c1-17(2)24(25(33)37-26(3,4)5)32(38(34)35)21-11-6-18(7-12-21)19-8-13-22(14-9-19)36-23-15-10-20(16-31-23)27(28,29)30/h6-17,24H,1-5H3,(H,34,35)/p-1. The Morgan fingerprint density at radius 3 is 1.92 bits per heavy atom. The number of esters is 1. The molecule has 0 aliphatic carbocycles. The fourth-order valence-electron chi connectivity index (χ4n) is 3.59. The summed E-state index contributed by atoms with van der Waals surface area (Å²) >= 11 is -2.74. The molecule has 0 fully saturated rings. The van der Waals surface area contributed by atoms with Crippen molar-refractivity contribution in [1.29, 1.82) is 0 Å². The van der Waals surface area contributed by atoms with Crippen LogP contribution in [-0.2, 0) is 27.0 Å². The predicted molar refractivity (Wildman–Crippen MR) is 137 cm³/mol. The van der Waals surface area contributed by atoms with Crippen molar-refractivity contribution in [3.05, 3.63) is 72.4 Å². The van der Waals surface area contributed by atoms with Gasteiger partial charge in [-0.05, 0) is 68.1 Å². The molecule has 1 aromatic heterocycles. The third kappa shape index (κ3) is 7.55. The van der Waals surface area contributed by atoms with E-state index in [4.69, 9.17) is 9.47 Å². The third-order valence-electron chi connectivity index (χ3n) is 5.29. The van der Waals surface area contributed by atoms with E-state index in [1.165, 1.54) is 0 Å². The minimum absolute atomic E-state index is 0.0190. The minimum Gasteiger partial charge on any atom is -0.755 e. The normalized spacial score (nSPS) is 13.6. The Hall–Kier alpha value is -3.44. The van der Waals surface area contributed by atoms with Crippen LogP contribution in [0.5, 0.6) is 11.6 Å². The van der Waals surface area contributed by atoms with Crippen LogP contribution in [0.3, 0.4) is 0 Å². The molecule has 0 spiro atoms. The molecule has 0 aliphatic heterocycles. The number of hydrogen-bond donors (Lipinski definition) is 0. The van der Waals surface area contributed by atoms with Crippen LogP contribution in [0.4, 0.5) is 18.9 Å². The lowest BCUT2D eigenvalue weighted by atomic mass is 10.0. The number of ether oxygens (including phenoxy) is 2. The number of carbonyl (C=O) groups is 1. The summed E-state index contributed by atoms with van der Waals surface area (Å²) in [4.78, 5) is 16.5. The molecular formula is C27H28F3N2O5S-. The fourth-order valence-corrected chi connectivity index (χ4v) is 4.39. The summed E-state index contributed by atoms with van der Waals surface area (Å²) in [7, 11) is 0. The van der Waals surface area contributed by atoms with Crippen LogP contribution in [0, 0.1) is 5.92 Å². The molecule has 3 aromatic rings. The number of pyridine rings is 1. The van der Waals surface area contributed by atoms with E-state index in [-0.39, 0.29) is 11.8 Å². The van der Waals surface area contributed by atoms with Gasteiger partial charge in [0.1, 0.15) is 17.4 Å². The zero-order chi connectivity index (χ0) is 28.3. The molecule has 0 aliphatic rings. The summed E-state index contributed by atoms with van der Waals surface area (Å²) in [5.41, 5.74) is 0.214. The molecule has 2 atom stereocenters. The molecule has 11 heteroatoms. The van der Waals surface area contributed by atoms with Gasteiger partial charge in [-0.3, -0.25) is 8.51 Å². The molecule has 0 saturated carbocycles. The number of aromatic nitrogens is 1. The van der Waals surface area contributed by atoms with E-state index in [1.807, 2.05) is 0 Å². The number of anilines is 1. The van der Waals surface area contributed by atoms with Crippen LogP contribution in [0.25, 0.3) is 11.1 Å². The van der Waals surface area contributed by atoms with E-state index in [1.54, 1.807) is 83.1 Å². The first-order valence-electron chi connectivity index (χ1n) is 11.7. The zero-order valence-electron chi connectivity index (χ0n) is 21.5. The first-order valence-corrected chi connectivity index (χ1v) is 12.7. The monoisotopic (exact) mass is 549 g/mol. The quantitative estimate of drug-likeness (QED) is 0.234. The second-order valence-corrected chi connectivity index (χ2v) is 10.6. The Kier molecular flexibility index (Phi) is 8.83. The molecule has 0 amide bonds. The molecule has 0 radical (unpaired) electrons. The van der Waals surface area contributed by atoms with Crippen molar-refractivity contribution in [2.75, 3.05) is 4.31 Å². The number of carbonyl (C=O) groups excluding carboxylic acids is 1. The van der Waals surface area contributed by atoms with E-state index >= 15 is 0 Å². The second kappa shape index (κ2) is 11.5. The SMILES string of the molecule is CC(C)C(C(=O)OC(C)(C)C)N(c1ccc(-c2ccc(Oc3ccc(C(F)(F)F)cn3)cc2)cc1)S(=O)[O-]. The first kappa shape index (κ1) is 29.1. The van der Waals surface area contributed by atoms with Crippen LogP contribution in [0.1, 0.15) is 40.2 Å². The lowest BCUT2D eigenvalue weighted by Crippen LogP contribution is -2.48. The van der Waals surface area contributed by atoms with Crippen molar-refractivity contribution in [1.82, 2.24) is 4.98 Å². The molecule has 3 rings (SSSR count). The van der Waals surface area contributed by atoms with Crippen LogP contribution < -0.4 is 9.04 Å². The topological polar surface area (TPSA) is 91.8 Å². The summed E-state index contributed by atoms with van der Waals surface area (Å²) in [5, 5.41) is 0. The van der Waals surface area contributed by atoms with E-state index in [9.17, 15) is 26.7 Å². The molecule has 7 nitrogen and oxygen atoms in total.